The first-order valence-electron chi connectivity index (χ1n) is 17.6. The third-order valence-electron chi connectivity index (χ3n) is 8.98. The Bertz CT molecular complexity index is 2340. The van der Waals surface area contributed by atoms with Crippen LogP contribution in [0.5, 0.6) is 0 Å². The van der Waals surface area contributed by atoms with Crippen molar-refractivity contribution in [2.24, 2.45) is 0 Å². The molecule has 1 aliphatic carbocycles. The van der Waals surface area contributed by atoms with Crippen molar-refractivity contribution >= 4 is 28.0 Å². The maximum Gasteiger partial charge on any atom is 3.00 e. The number of aliphatic hydroxyl groups excluding tert-OH is 1. The van der Waals surface area contributed by atoms with E-state index in [0.29, 0.717) is 0 Å². The molecule has 0 bridgehead atoms. The molecule has 6 aromatic rings. The summed E-state index contributed by atoms with van der Waals surface area (Å²) in [4.78, 5) is 0. The van der Waals surface area contributed by atoms with E-state index < -0.39 is 144 Å². The van der Waals surface area contributed by atoms with Crippen LogP contribution >= 0.6 is 0 Å². The van der Waals surface area contributed by atoms with E-state index in [1.165, 1.54) is 0 Å². The Morgan fingerprint density at radius 3 is 0.672 bits per heavy atom. The molecule has 0 unspecified atom stereocenters. The van der Waals surface area contributed by atoms with Gasteiger partial charge < -0.3 is 5.11 Å². The minimum atomic E-state index is -7.22. The van der Waals surface area contributed by atoms with Crippen LogP contribution in [0, 0.1) is 136 Å². The second-order valence-electron chi connectivity index (χ2n) is 12.8. The molecule has 1 aliphatic rings. The average molecular weight is 1010 g/mol. The van der Waals surface area contributed by atoms with Crippen molar-refractivity contribution in [2.75, 3.05) is 7.11 Å². The molecule has 0 heterocycles. The molecule has 0 saturated heterocycles. The number of hydrogen-bond acceptors (Lipinski definition) is 1. The second kappa shape index (κ2) is 24.1. The van der Waals surface area contributed by atoms with Gasteiger partial charge in [0.15, 0.2) is 69.8 Å². The molecule has 0 aromatic heterocycles. The molecule has 1 N–H and O–H groups in total. The predicted octanol–water partition coefficient (Wildman–Crippen LogP) is 10.5. The van der Waals surface area contributed by atoms with Crippen molar-refractivity contribution in [3.05, 3.63) is 226 Å². The molecule has 6 aromatic carbocycles. The van der Waals surface area contributed by atoms with E-state index >= 15 is 35.1 Å². The standard InChI is InChI=1S/C24BF20.2C7H7.C5H5.CH4O.Ti/c26-5-1(6(27)14(35)21(42)13(5)34)25(2-7(28)15(36)22(43)16(37)8(2)29,3-9(30)17(38)23(44)18(39)10(3)31)4-11(32)19(40)24(45)20(41)12(4)33;2*1-7-5-3-2-4-6-7;1-2-4-5-3-1;1-2;/h;2*2-6H,1H2;1-3H,4H2;2H,1H3;/q4*-1;;+3. The van der Waals surface area contributed by atoms with Crippen LogP contribution in [0.1, 0.15) is 17.5 Å². The van der Waals surface area contributed by atoms with Crippen molar-refractivity contribution in [1.82, 2.24) is 0 Å². The molecule has 67 heavy (non-hydrogen) atoms. The number of aliphatic hydroxyl groups is 1. The second-order valence-corrected chi connectivity index (χ2v) is 12.8. The van der Waals surface area contributed by atoms with Gasteiger partial charge in [0.1, 0.15) is 52.7 Å². The van der Waals surface area contributed by atoms with Crippen LogP contribution in [0.3, 0.4) is 0 Å². The molecule has 23 heteroatoms. The smallest absolute Gasteiger partial charge is 0.400 e. The summed E-state index contributed by atoms with van der Waals surface area (Å²) in [6, 6.07) is 19.7. The number of hydrogen-bond donors (Lipinski definition) is 1. The first kappa shape index (κ1) is 57.0. The van der Waals surface area contributed by atoms with Crippen LogP contribution in [-0.2, 0) is 21.7 Å². The van der Waals surface area contributed by atoms with Crippen LogP contribution in [0.15, 0.2) is 78.9 Å². The zero-order valence-electron chi connectivity index (χ0n) is 33.2. The summed E-state index contributed by atoms with van der Waals surface area (Å²) in [5, 5.41) is 7.00. The first-order valence-corrected chi connectivity index (χ1v) is 17.6. The van der Waals surface area contributed by atoms with E-state index in [2.05, 4.69) is 26.0 Å². The molecular formula is C44H23BF20OTi-. The number of halogens is 20. The van der Waals surface area contributed by atoms with Gasteiger partial charge in [-0.1, -0.05) is 12.1 Å². The van der Waals surface area contributed by atoms with Crippen LogP contribution < -0.4 is 21.9 Å². The molecule has 0 aliphatic heterocycles. The van der Waals surface area contributed by atoms with Gasteiger partial charge in [-0.15, -0.1) is 52.5 Å². The van der Waals surface area contributed by atoms with E-state index in [0.717, 1.165) is 24.7 Å². The summed E-state index contributed by atoms with van der Waals surface area (Å²) in [5.41, 5.74) is -12.2. The Hall–Kier alpha value is -6.12. The fraction of sp³-hybridized carbons (Fsp3) is 0.0455. The minimum Gasteiger partial charge on any atom is -0.400 e. The SMILES string of the molecule is CO.Fc1c(F)c(F)c([B-](c2c(F)c(F)c(F)c(F)c2F)(c2c(F)c(F)c(F)c(F)c2F)c2c(F)c(F)c(F)c(F)c2F)c(F)c1F.[C-]1=CC=CC1.[CH2-]c1ccccc1.[CH2-]c1ccccc1.[Ti+3]. The minimum absolute atomic E-state index is 0. The van der Waals surface area contributed by atoms with E-state index in [1.54, 1.807) is 0 Å². The molecule has 1 nitrogen and oxygen atoms in total. The molecule has 0 fully saturated rings. The van der Waals surface area contributed by atoms with Gasteiger partial charge in [-0.25, -0.2) is 100.0 Å². The topological polar surface area (TPSA) is 20.2 Å². The van der Waals surface area contributed by atoms with Crippen molar-refractivity contribution < 1.29 is 115 Å². The summed E-state index contributed by atoms with van der Waals surface area (Å²) < 4.78 is 294. The van der Waals surface area contributed by atoms with Crippen LogP contribution in [0.4, 0.5) is 87.8 Å². The zero-order chi connectivity index (χ0) is 50.1. The third-order valence-corrected chi connectivity index (χ3v) is 8.98. The van der Waals surface area contributed by atoms with Gasteiger partial charge in [-0.05, 0) is 0 Å². The number of benzene rings is 6. The largest absolute Gasteiger partial charge is 3.00 e. The van der Waals surface area contributed by atoms with Crippen molar-refractivity contribution in [1.29, 1.82) is 0 Å². The molecule has 353 valence electrons. The van der Waals surface area contributed by atoms with Gasteiger partial charge in [-0.2, -0.15) is 55.3 Å². The first-order chi connectivity index (χ1) is 31.0. The normalized spacial score (nSPS) is 11.3. The summed E-state index contributed by atoms with van der Waals surface area (Å²) in [7, 11) is 1.00. The van der Waals surface area contributed by atoms with Gasteiger partial charge in [0.05, 0.1) is 0 Å². The van der Waals surface area contributed by atoms with E-state index in [4.69, 9.17) is 5.11 Å². The Balaban J connectivity index is 0.000000569. The Labute approximate surface area is 381 Å². The van der Waals surface area contributed by atoms with Gasteiger partial charge in [0.2, 0.25) is 0 Å². The van der Waals surface area contributed by atoms with Gasteiger partial charge in [0, 0.05) is 7.11 Å². The average Bonchev–Trinajstić information content (AvgIpc) is 3.91. The van der Waals surface area contributed by atoms with Crippen LogP contribution in [0.25, 0.3) is 0 Å². The molecule has 7 rings (SSSR count). The van der Waals surface area contributed by atoms with Crippen molar-refractivity contribution in [3.8, 4) is 0 Å². The van der Waals surface area contributed by atoms with Crippen LogP contribution in [0.2, 0.25) is 0 Å². The molecule has 0 spiro atoms. The van der Waals surface area contributed by atoms with Gasteiger partial charge in [0.25, 0.3) is 0 Å². The zero-order valence-corrected chi connectivity index (χ0v) is 34.8. The molecule has 0 saturated carbocycles. The monoisotopic (exact) mass is 1010 g/mol. The summed E-state index contributed by atoms with van der Waals surface area (Å²) in [6.07, 6.45) is 2.78. The van der Waals surface area contributed by atoms with Crippen molar-refractivity contribution in [2.45, 2.75) is 6.42 Å². The Morgan fingerprint density at radius 1 is 0.358 bits per heavy atom. The van der Waals surface area contributed by atoms with Gasteiger partial charge in [-0.3, -0.25) is 6.08 Å². The van der Waals surface area contributed by atoms with E-state index in [1.807, 2.05) is 72.8 Å². The number of allylic oxidation sites excluding steroid dienone is 4. The molecule has 0 atom stereocenters. The Kier molecular flexibility index (Phi) is 20.5. The fourth-order valence-electron chi connectivity index (χ4n) is 6.17. The maximum atomic E-state index is 15.4. The maximum absolute atomic E-state index is 15.4. The summed E-state index contributed by atoms with van der Waals surface area (Å²) in [6.45, 7) is 7.44. The predicted molar refractivity (Wildman–Crippen MR) is 201 cm³/mol. The molecular weight excluding hydrogens is 983 g/mol. The fourth-order valence-corrected chi connectivity index (χ4v) is 6.17. The third kappa shape index (κ3) is 11.0. The van der Waals surface area contributed by atoms with Gasteiger partial charge >= 0.3 is 21.7 Å². The summed E-state index contributed by atoms with van der Waals surface area (Å²) >= 11 is 0. The molecule has 0 amide bonds. The molecule has 1 radical (unpaired) electrons. The van der Waals surface area contributed by atoms with E-state index in [9.17, 15) is 52.7 Å². The van der Waals surface area contributed by atoms with Crippen LogP contribution in [-0.4, -0.2) is 18.4 Å². The van der Waals surface area contributed by atoms with E-state index in [-0.39, 0.29) is 21.7 Å². The quantitative estimate of drug-likeness (QED) is 0.0614. The summed E-state index contributed by atoms with van der Waals surface area (Å²) in [5.74, 6) is -71.4. The number of rotatable bonds is 4. The van der Waals surface area contributed by atoms with Crippen molar-refractivity contribution in [3.63, 3.8) is 0 Å². The Morgan fingerprint density at radius 2 is 0.552 bits per heavy atom.